The molecule has 5 heteroatoms. The van der Waals surface area contributed by atoms with Crippen LogP contribution in [-0.4, -0.2) is 36.4 Å². The van der Waals surface area contributed by atoms with Gasteiger partial charge in [0.15, 0.2) is 6.10 Å². The van der Waals surface area contributed by atoms with Crippen LogP contribution in [0.25, 0.3) is 0 Å². The highest BCUT2D eigenvalue weighted by Gasteiger charge is 2.16. The van der Waals surface area contributed by atoms with Crippen LogP contribution in [0.3, 0.4) is 0 Å². The molecule has 0 heterocycles. The van der Waals surface area contributed by atoms with E-state index in [4.69, 9.17) is 9.47 Å². The molecule has 0 aromatic carbocycles. The zero-order valence-corrected chi connectivity index (χ0v) is 45.6. The molecule has 0 bridgehead atoms. The summed E-state index contributed by atoms with van der Waals surface area (Å²) in [7, 11) is 0. The van der Waals surface area contributed by atoms with Crippen molar-refractivity contribution in [2.24, 2.45) is 0 Å². The van der Waals surface area contributed by atoms with Gasteiger partial charge in [0.05, 0.1) is 6.61 Å². The maximum absolute atomic E-state index is 12.3. The minimum atomic E-state index is -0.772. The molecule has 1 unspecified atom stereocenters. The summed E-state index contributed by atoms with van der Waals surface area (Å²) in [4.78, 5) is 24.6. The molecule has 0 aliphatic carbocycles. The Balaban J connectivity index is 3.43. The van der Waals surface area contributed by atoms with Gasteiger partial charge in [0.2, 0.25) is 0 Å². The Kier molecular flexibility index (Phi) is 57.3. The van der Waals surface area contributed by atoms with Crippen LogP contribution < -0.4 is 0 Å². The molecule has 0 aromatic rings. The third-order valence-electron chi connectivity index (χ3n) is 13.6. The van der Waals surface area contributed by atoms with Crippen LogP contribution in [0.2, 0.25) is 0 Å². The van der Waals surface area contributed by atoms with Gasteiger partial charge in [0.1, 0.15) is 6.61 Å². The molecule has 0 saturated heterocycles. The Hall–Kier alpha value is -2.14. The van der Waals surface area contributed by atoms with E-state index in [9.17, 15) is 14.7 Å². The number of carbonyl (C=O) groups is 2. The summed E-state index contributed by atoms with van der Waals surface area (Å²) in [5.74, 6) is -0.577. The number of ether oxygens (including phenoxy) is 2. The van der Waals surface area contributed by atoms with Gasteiger partial charge >= 0.3 is 11.9 Å². The first kappa shape index (κ1) is 65.9. The highest BCUT2D eigenvalue weighted by Crippen LogP contribution is 2.17. The van der Waals surface area contributed by atoms with Crippen LogP contribution in [0.4, 0.5) is 0 Å². The standard InChI is InChI=1S/C63H116O5/c1-3-5-7-9-11-13-15-17-19-21-23-25-27-28-29-30-31-32-33-34-36-38-40-42-44-46-48-50-52-54-56-58-63(66)68-61(59-64)60-67-62(65)57-55-53-51-49-47-45-43-41-39-37-35-26-24-22-20-18-16-14-12-10-8-6-4-2/h15-18,21-24,61,64H,3-14,19-20,25-60H2,1-2H3/b17-15-,18-16-,23-21-,24-22-. The van der Waals surface area contributed by atoms with Crippen LogP contribution in [0.5, 0.6) is 0 Å². The minimum Gasteiger partial charge on any atom is -0.462 e. The molecule has 0 fully saturated rings. The van der Waals surface area contributed by atoms with E-state index in [2.05, 4.69) is 62.5 Å². The predicted molar refractivity (Wildman–Crippen MR) is 297 cm³/mol. The Morgan fingerprint density at radius 1 is 0.338 bits per heavy atom. The Morgan fingerprint density at radius 3 is 0.868 bits per heavy atom. The summed E-state index contributed by atoms with van der Waals surface area (Å²) in [5, 5.41) is 9.67. The molecule has 5 nitrogen and oxygen atoms in total. The molecule has 1 N–H and O–H groups in total. The van der Waals surface area contributed by atoms with Crippen molar-refractivity contribution in [1.82, 2.24) is 0 Å². The molecule has 0 amide bonds. The van der Waals surface area contributed by atoms with Gasteiger partial charge in [-0.3, -0.25) is 9.59 Å². The van der Waals surface area contributed by atoms with Crippen molar-refractivity contribution >= 4 is 11.9 Å². The number of hydrogen-bond acceptors (Lipinski definition) is 5. The Labute approximate surface area is 424 Å². The van der Waals surface area contributed by atoms with E-state index in [0.717, 1.165) is 51.4 Å². The lowest BCUT2D eigenvalue weighted by atomic mass is 10.0. The van der Waals surface area contributed by atoms with Crippen molar-refractivity contribution in [3.63, 3.8) is 0 Å². The summed E-state index contributed by atoms with van der Waals surface area (Å²) >= 11 is 0. The van der Waals surface area contributed by atoms with Crippen molar-refractivity contribution in [3.05, 3.63) is 48.6 Å². The molecule has 0 radical (unpaired) electrons. The van der Waals surface area contributed by atoms with Crippen LogP contribution >= 0.6 is 0 Å². The maximum Gasteiger partial charge on any atom is 0.306 e. The molecule has 398 valence electrons. The SMILES string of the molecule is CCCCCCC/C=C\C/C=C\CCCCCCCCCCCCCCCCCCCCCC(=O)OC(CO)COC(=O)CCCCCCCCCCCCC/C=C\C/C=C\CCCCCCC. The van der Waals surface area contributed by atoms with Crippen molar-refractivity contribution in [2.75, 3.05) is 13.2 Å². The fourth-order valence-corrected chi connectivity index (χ4v) is 9.03. The van der Waals surface area contributed by atoms with E-state index >= 15 is 0 Å². The third-order valence-corrected chi connectivity index (χ3v) is 13.6. The van der Waals surface area contributed by atoms with E-state index in [-0.39, 0.29) is 25.2 Å². The minimum absolute atomic E-state index is 0.0637. The van der Waals surface area contributed by atoms with Gasteiger partial charge in [0, 0.05) is 12.8 Å². The summed E-state index contributed by atoms with van der Waals surface area (Å²) in [6.45, 7) is 4.16. The Morgan fingerprint density at radius 2 is 0.588 bits per heavy atom. The maximum atomic E-state index is 12.3. The Bertz CT molecular complexity index is 1120. The first-order valence-electron chi connectivity index (χ1n) is 30.2. The summed E-state index contributed by atoms with van der Waals surface area (Å²) in [6.07, 6.45) is 78.1. The molecular formula is C63H116O5. The topological polar surface area (TPSA) is 72.8 Å². The third kappa shape index (κ3) is 56.4. The normalized spacial score (nSPS) is 12.5. The van der Waals surface area contributed by atoms with Gasteiger partial charge in [-0.25, -0.2) is 0 Å². The lowest BCUT2D eigenvalue weighted by Gasteiger charge is -2.15. The molecule has 0 spiro atoms. The van der Waals surface area contributed by atoms with Gasteiger partial charge in [0.25, 0.3) is 0 Å². The van der Waals surface area contributed by atoms with Gasteiger partial charge in [-0.15, -0.1) is 0 Å². The number of unbranched alkanes of at least 4 members (excludes halogenated alkanes) is 40. The smallest absolute Gasteiger partial charge is 0.306 e. The van der Waals surface area contributed by atoms with Crippen molar-refractivity contribution in [1.29, 1.82) is 0 Å². The first-order valence-corrected chi connectivity index (χ1v) is 30.2. The quantitative estimate of drug-likeness (QED) is 0.0374. The largest absolute Gasteiger partial charge is 0.462 e. The molecule has 0 aliphatic rings. The van der Waals surface area contributed by atoms with Crippen molar-refractivity contribution < 1.29 is 24.2 Å². The van der Waals surface area contributed by atoms with Crippen molar-refractivity contribution in [3.8, 4) is 0 Å². The van der Waals surface area contributed by atoms with E-state index in [1.165, 1.54) is 244 Å². The van der Waals surface area contributed by atoms with Gasteiger partial charge < -0.3 is 14.6 Å². The van der Waals surface area contributed by atoms with Crippen LogP contribution in [-0.2, 0) is 19.1 Å². The van der Waals surface area contributed by atoms with Crippen LogP contribution in [0, 0.1) is 0 Å². The number of aliphatic hydroxyl groups is 1. The second-order valence-electron chi connectivity index (χ2n) is 20.4. The molecule has 0 aliphatic heterocycles. The molecule has 0 rings (SSSR count). The highest BCUT2D eigenvalue weighted by atomic mass is 16.6. The van der Waals surface area contributed by atoms with Gasteiger partial charge in [-0.05, 0) is 77.0 Å². The molecule has 0 saturated carbocycles. The summed E-state index contributed by atoms with van der Waals surface area (Å²) < 4.78 is 10.7. The molecule has 0 aromatic heterocycles. The van der Waals surface area contributed by atoms with E-state index < -0.39 is 6.10 Å². The number of aliphatic hydroxyl groups excluding tert-OH is 1. The lowest BCUT2D eigenvalue weighted by Crippen LogP contribution is -2.28. The van der Waals surface area contributed by atoms with E-state index in [0.29, 0.717) is 12.8 Å². The fourth-order valence-electron chi connectivity index (χ4n) is 9.03. The zero-order valence-electron chi connectivity index (χ0n) is 45.6. The lowest BCUT2D eigenvalue weighted by molar-refractivity contribution is -0.161. The predicted octanol–water partition coefficient (Wildman–Crippen LogP) is 20.4. The number of carbonyl (C=O) groups excluding carboxylic acids is 2. The highest BCUT2D eigenvalue weighted by molar-refractivity contribution is 5.70. The monoisotopic (exact) mass is 953 g/mol. The second kappa shape index (κ2) is 59.2. The van der Waals surface area contributed by atoms with Gasteiger partial charge in [-0.1, -0.05) is 281 Å². The average molecular weight is 954 g/mol. The fraction of sp³-hybridized carbons (Fsp3) is 0.841. The molecule has 68 heavy (non-hydrogen) atoms. The van der Waals surface area contributed by atoms with Crippen molar-refractivity contribution in [2.45, 2.75) is 328 Å². The number of hydrogen-bond donors (Lipinski definition) is 1. The summed E-state index contributed by atoms with van der Waals surface area (Å²) in [6, 6.07) is 0. The van der Waals surface area contributed by atoms with Crippen LogP contribution in [0.15, 0.2) is 48.6 Å². The van der Waals surface area contributed by atoms with E-state index in [1.807, 2.05) is 0 Å². The number of allylic oxidation sites excluding steroid dienone is 8. The summed E-state index contributed by atoms with van der Waals surface area (Å²) in [5.41, 5.74) is 0. The molecular weight excluding hydrogens is 837 g/mol. The second-order valence-corrected chi connectivity index (χ2v) is 20.4. The molecule has 1 atom stereocenters. The first-order chi connectivity index (χ1) is 33.6. The van der Waals surface area contributed by atoms with E-state index in [1.54, 1.807) is 0 Å². The average Bonchev–Trinajstić information content (AvgIpc) is 3.34. The number of esters is 2. The number of rotatable bonds is 56. The van der Waals surface area contributed by atoms with Gasteiger partial charge in [-0.2, -0.15) is 0 Å². The van der Waals surface area contributed by atoms with Crippen LogP contribution in [0.1, 0.15) is 322 Å². The zero-order chi connectivity index (χ0) is 49.2.